The van der Waals surface area contributed by atoms with E-state index in [-0.39, 0.29) is 32.7 Å². The van der Waals surface area contributed by atoms with Crippen LogP contribution in [0.25, 0.3) is 0 Å². The van der Waals surface area contributed by atoms with Crippen LogP contribution in [0.3, 0.4) is 0 Å². The molecule has 2 rings (SSSR count). The summed E-state index contributed by atoms with van der Waals surface area (Å²) >= 11 is 0. The Morgan fingerprint density at radius 3 is 2.00 bits per heavy atom. The summed E-state index contributed by atoms with van der Waals surface area (Å²) in [6, 6.07) is 12.5. The standard InChI is InChI=1S/C6H9N2.C6H5.Y/c7-6-8-4-2-1-3-5-8;1-2-4-6-5-3-1;/h1H,2-5H2;1-5H;/q2*-1;. The Bertz CT molecular complexity index is 236. The minimum absolute atomic E-state index is 0. The molecule has 77 valence electrons. The molecule has 0 aliphatic carbocycles. The topological polar surface area (TPSA) is 27.0 Å². The van der Waals surface area contributed by atoms with Crippen LogP contribution in [0.1, 0.15) is 12.8 Å². The molecule has 0 atom stereocenters. The van der Waals surface area contributed by atoms with Crippen molar-refractivity contribution in [3.05, 3.63) is 42.8 Å². The average molecular weight is 275 g/mol. The fourth-order valence-corrected chi connectivity index (χ4v) is 1.19. The molecule has 0 spiro atoms. The van der Waals surface area contributed by atoms with Gasteiger partial charge in [-0.1, -0.05) is 0 Å². The fourth-order valence-electron chi connectivity index (χ4n) is 1.19. The Morgan fingerprint density at radius 2 is 1.73 bits per heavy atom. The van der Waals surface area contributed by atoms with Crippen LogP contribution in [0.5, 0.6) is 0 Å². The second kappa shape index (κ2) is 10.1. The summed E-state index contributed by atoms with van der Waals surface area (Å²) < 4.78 is 0. The van der Waals surface area contributed by atoms with Gasteiger partial charge < -0.3 is 11.3 Å². The molecule has 0 unspecified atom stereocenters. The zero-order valence-electron chi connectivity index (χ0n) is 8.76. The van der Waals surface area contributed by atoms with Gasteiger partial charge in [-0.15, -0.1) is 0 Å². The molecule has 1 saturated heterocycles. The first-order valence-corrected chi connectivity index (χ1v) is 4.81. The normalized spacial score (nSPS) is 13.9. The van der Waals surface area contributed by atoms with Gasteiger partial charge in [0, 0.05) is 45.8 Å². The molecule has 3 heteroatoms. The largest absolute Gasteiger partial charge is 0.325 e. The smallest absolute Gasteiger partial charge is 0.179 e. The molecule has 0 aromatic heterocycles. The molecule has 1 aromatic carbocycles. The molecular weight excluding hydrogens is 261 g/mol. The summed E-state index contributed by atoms with van der Waals surface area (Å²) in [5.41, 5.74) is 0. The second-order valence-corrected chi connectivity index (χ2v) is 3.03. The summed E-state index contributed by atoms with van der Waals surface area (Å²) in [5.74, 6) is 0. The molecule has 0 amide bonds. The van der Waals surface area contributed by atoms with Gasteiger partial charge in [0.2, 0.25) is 0 Å². The number of piperidine rings is 1. The first kappa shape index (κ1) is 14.6. The van der Waals surface area contributed by atoms with Crippen molar-refractivity contribution in [1.29, 1.82) is 5.26 Å². The van der Waals surface area contributed by atoms with Gasteiger partial charge >= 0.3 is 0 Å². The molecule has 1 aliphatic heterocycles. The molecule has 1 heterocycles. The van der Waals surface area contributed by atoms with Crippen LogP contribution >= 0.6 is 0 Å². The average Bonchev–Trinajstić information content (AvgIpc) is 2.33. The van der Waals surface area contributed by atoms with Crippen molar-refractivity contribution in [1.82, 2.24) is 4.90 Å². The zero-order valence-corrected chi connectivity index (χ0v) is 11.6. The van der Waals surface area contributed by atoms with Crippen LogP contribution in [0.4, 0.5) is 0 Å². The molecule has 15 heavy (non-hydrogen) atoms. The van der Waals surface area contributed by atoms with Gasteiger partial charge in [0.05, 0.1) is 0 Å². The summed E-state index contributed by atoms with van der Waals surface area (Å²) in [5, 5.41) is 8.35. The van der Waals surface area contributed by atoms with E-state index in [0.717, 1.165) is 25.9 Å². The van der Waals surface area contributed by atoms with Gasteiger partial charge in [-0.2, -0.15) is 54.5 Å². The van der Waals surface area contributed by atoms with Crippen molar-refractivity contribution in [2.75, 3.05) is 13.1 Å². The Balaban J connectivity index is 0.000000253. The van der Waals surface area contributed by atoms with Crippen molar-refractivity contribution < 1.29 is 32.7 Å². The fraction of sp³-hybridized carbons (Fsp3) is 0.333. The summed E-state index contributed by atoms with van der Waals surface area (Å²) in [4.78, 5) is 1.79. The first-order valence-electron chi connectivity index (χ1n) is 4.81. The number of nitrogens with zero attached hydrogens (tertiary/aromatic N) is 2. The SMILES string of the molecule is N#CN1CC[CH-]CC1.[Y].[c-]1ccccc1. The number of likely N-dealkylation sites (tertiary alicyclic amines) is 1. The summed E-state index contributed by atoms with van der Waals surface area (Å²) in [6.07, 6.45) is 6.50. The number of benzene rings is 1. The molecule has 1 radical (unpaired) electrons. The van der Waals surface area contributed by atoms with Crippen molar-refractivity contribution in [2.45, 2.75) is 12.8 Å². The molecule has 0 bridgehead atoms. The molecule has 1 aliphatic rings. The van der Waals surface area contributed by atoms with Crippen molar-refractivity contribution in [3.63, 3.8) is 0 Å². The Hall–Kier alpha value is -0.386. The van der Waals surface area contributed by atoms with Crippen LogP contribution in [-0.4, -0.2) is 18.0 Å². The third kappa shape index (κ3) is 7.53. The maximum atomic E-state index is 8.35. The number of rotatable bonds is 0. The first-order chi connectivity index (χ1) is 6.93. The van der Waals surface area contributed by atoms with E-state index in [4.69, 9.17) is 5.26 Å². The van der Waals surface area contributed by atoms with E-state index in [1.807, 2.05) is 30.3 Å². The minimum atomic E-state index is 0. The second-order valence-electron chi connectivity index (χ2n) is 3.03. The number of nitriles is 1. The maximum Gasteiger partial charge on any atom is 0.179 e. The monoisotopic (exact) mass is 275 g/mol. The molecule has 0 N–H and O–H groups in total. The van der Waals surface area contributed by atoms with Gasteiger partial charge in [0.15, 0.2) is 6.19 Å². The summed E-state index contributed by atoms with van der Waals surface area (Å²) in [7, 11) is 0. The van der Waals surface area contributed by atoms with Gasteiger partial charge in [-0.3, -0.25) is 0 Å². The Kier molecular flexibility index (Phi) is 9.88. The van der Waals surface area contributed by atoms with E-state index in [2.05, 4.69) is 18.7 Å². The Labute approximate surface area is 117 Å². The predicted molar refractivity (Wildman–Crippen MR) is 56.0 cm³/mol. The quantitative estimate of drug-likeness (QED) is 0.536. The molecule has 1 fully saturated rings. The van der Waals surface area contributed by atoms with Gasteiger partial charge in [-0.05, 0) is 0 Å². The maximum absolute atomic E-state index is 8.35. The van der Waals surface area contributed by atoms with Crippen molar-refractivity contribution in [3.8, 4) is 6.19 Å². The van der Waals surface area contributed by atoms with E-state index >= 15 is 0 Å². The predicted octanol–water partition coefficient (Wildman–Crippen LogP) is 2.25. The van der Waals surface area contributed by atoms with E-state index < -0.39 is 0 Å². The number of hydrogen-bond donors (Lipinski definition) is 0. The molecular formula is C12H14N2Y-2. The van der Waals surface area contributed by atoms with Gasteiger partial charge in [-0.25, -0.2) is 0 Å². The van der Waals surface area contributed by atoms with E-state index in [0.29, 0.717) is 0 Å². The third-order valence-corrected chi connectivity index (χ3v) is 1.95. The van der Waals surface area contributed by atoms with E-state index in [9.17, 15) is 0 Å². The zero-order chi connectivity index (χ0) is 10.1. The van der Waals surface area contributed by atoms with Gasteiger partial charge in [0.25, 0.3) is 0 Å². The van der Waals surface area contributed by atoms with E-state index in [1.54, 1.807) is 4.90 Å². The minimum Gasteiger partial charge on any atom is -0.325 e. The molecule has 1 aromatic rings. The van der Waals surface area contributed by atoms with Crippen LogP contribution in [0.2, 0.25) is 0 Å². The third-order valence-electron chi connectivity index (χ3n) is 1.95. The van der Waals surface area contributed by atoms with Crippen molar-refractivity contribution >= 4 is 0 Å². The molecule has 0 saturated carbocycles. The Morgan fingerprint density at radius 1 is 1.13 bits per heavy atom. The van der Waals surface area contributed by atoms with Crippen LogP contribution in [0, 0.1) is 23.9 Å². The molecule has 2 nitrogen and oxygen atoms in total. The van der Waals surface area contributed by atoms with Crippen LogP contribution in [0.15, 0.2) is 30.3 Å². The van der Waals surface area contributed by atoms with E-state index in [1.165, 1.54) is 0 Å². The van der Waals surface area contributed by atoms with Crippen LogP contribution in [-0.2, 0) is 32.7 Å². The number of hydrogen-bond acceptors (Lipinski definition) is 2. The summed E-state index contributed by atoms with van der Waals surface area (Å²) in [6.45, 7) is 1.85. The van der Waals surface area contributed by atoms with Crippen molar-refractivity contribution in [2.24, 2.45) is 0 Å². The van der Waals surface area contributed by atoms with Crippen LogP contribution < -0.4 is 0 Å². The van der Waals surface area contributed by atoms with Gasteiger partial charge in [0.1, 0.15) is 0 Å².